The number of nitrogens with zero attached hydrogens (tertiary/aromatic N) is 2. The molecule has 110 valence electrons. The zero-order chi connectivity index (χ0) is 14.2. The van der Waals surface area contributed by atoms with Crippen molar-refractivity contribution in [1.82, 2.24) is 15.2 Å². The molecule has 20 heavy (non-hydrogen) atoms. The van der Waals surface area contributed by atoms with Gasteiger partial charge in [0, 0.05) is 44.3 Å². The standard InChI is InChI=1S/C14H22N4O2/c1-12-10-15-3-2-13(12)16-4-5-17-14(19)11-18-6-8-20-9-7-18/h2-3,10H,4-9,11H2,1H3,(H,15,16)(H,17,19). The van der Waals surface area contributed by atoms with Crippen LogP contribution in [0.5, 0.6) is 0 Å². The van der Waals surface area contributed by atoms with Gasteiger partial charge in [-0.1, -0.05) is 0 Å². The summed E-state index contributed by atoms with van der Waals surface area (Å²) in [7, 11) is 0. The number of carbonyl (C=O) groups is 1. The number of hydrogen-bond donors (Lipinski definition) is 2. The van der Waals surface area contributed by atoms with E-state index in [1.165, 1.54) is 0 Å². The Morgan fingerprint density at radius 1 is 1.40 bits per heavy atom. The number of amides is 1. The highest BCUT2D eigenvalue weighted by Gasteiger charge is 2.13. The molecule has 2 N–H and O–H groups in total. The molecule has 0 unspecified atom stereocenters. The third kappa shape index (κ3) is 4.79. The fourth-order valence-electron chi connectivity index (χ4n) is 2.09. The first-order valence-corrected chi connectivity index (χ1v) is 6.97. The molecule has 1 amide bonds. The van der Waals surface area contributed by atoms with Gasteiger partial charge in [-0.05, 0) is 18.6 Å². The summed E-state index contributed by atoms with van der Waals surface area (Å²) in [6.45, 7) is 6.89. The number of hydrogen-bond acceptors (Lipinski definition) is 5. The molecule has 1 aromatic heterocycles. The number of aryl methyl sites for hydroxylation is 1. The summed E-state index contributed by atoms with van der Waals surface area (Å²) < 4.78 is 5.25. The van der Waals surface area contributed by atoms with E-state index in [1.54, 1.807) is 6.20 Å². The highest BCUT2D eigenvalue weighted by atomic mass is 16.5. The van der Waals surface area contributed by atoms with Crippen molar-refractivity contribution in [2.24, 2.45) is 0 Å². The van der Waals surface area contributed by atoms with Crippen LogP contribution in [0, 0.1) is 6.92 Å². The van der Waals surface area contributed by atoms with Gasteiger partial charge in [0.2, 0.25) is 5.91 Å². The van der Waals surface area contributed by atoms with E-state index < -0.39 is 0 Å². The minimum atomic E-state index is 0.0696. The second-order valence-corrected chi connectivity index (χ2v) is 4.86. The lowest BCUT2D eigenvalue weighted by molar-refractivity contribution is -0.123. The van der Waals surface area contributed by atoms with Gasteiger partial charge in [0.1, 0.15) is 0 Å². The molecular weight excluding hydrogens is 256 g/mol. The number of pyridine rings is 1. The Kier molecular flexibility index (Phi) is 5.76. The molecule has 0 saturated carbocycles. The quantitative estimate of drug-likeness (QED) is 0.730. The minimum Gasteiger partial charge on any atom is -0.383 e. The van der Waals surface area contributed by atoms with Gasteiger partial charge in [0.05, 0.1) is 19.8 Å². The average Bonchev–Trinajstić information content (AvgIpc) is 2.46. The molecule has 0 bridgehead atoms. The van der Waals surface area contributed by atoms with Gasteiger partial charge < -0.3 is 15.4 Å². The second kappa shape index (κ2) is 7.81. The van der Waals surface area contributed by atoms with Gasteiger partial charge >= 0.3 is 0 Å². The highest BCUT2D eigenvalue weighted by molar-refractivity contribution is 5.78. The van der Waals surface area contributed by atoms with Crippen LogP contribution in [0.15, 0.2) is 18.5 Å². The molecule has 2 heterocycles. The van der Waals surface area contributed by atoms with Crippen molar-refractivity contribution in [2.75, 3.05) is 51.3 Å². The topological polar surface area (TPSA) is 66.5 Å². The van der Waals surface area contributed by atoms with Crippen LogP contribution >= 0.6 is 0 Å². The summed E-state index contributed by atoms with van der Waals surface area (Å²) in [6.07, 6.45) is 3.58. The smallest absolute Gasteiger partial charge is 0.234 e. The summed E-state index contributed by atoms with van der Waals surface area (Å²) in [5, 5.41) is 6.20. The van der Waals surface area contributed by atoms with Gasteiger partial charge in [0.25, 0.3) is 0 Å². The molecule has 6 nitrogen and oxygen atoms in total. The Hall–Kier alpha value is -1.66. The Morgan fingerprint density at radius 2 is 2.20 bits per heavy atom. The lowest BCUT2D eigenvalue weighted by Crippen LogP contribution is -2.43. The summed E-state index contributed by atoms with van der Waals surface area (Å²) in [5.41, 5.74) is 2.16. The molecule has 1 aliphatic heterocycles. The van der Waals surface area contributed by atoms with Crippen LogP contribution in [0.3, 0.4) is 0 Å². The van der Waals surface area contributed by atoms with Crippen LogP contribution in [0.4, 0.5) is 5.69 Å². The summed E-state index contributed by atoms with van der Waals surface area (Å²) in [6, 6.07) is 1.94. The molecule has 0 aliphatic carbocycles. The first kappa shape index (κ1) is 14.7. The number of aromatic nitrogens is 1. The van der Waals surface area contributed by atoms with Gasteiger partial charge in [-0.3, -0.25) is 14.7 Å². The largest absolute Gasteiger partial charge is 0.383 e. The predicted octanol–water partition coefficient (Wildman–Crippen LogP) is 0.250. The normalized spacial score (nSPS) is 15.8. The highest BCUT2D eigenvalue weighted by Crippen LogP contribution is 2.10. The first-order chi connectivity index (χ1) is 9.75. The van der Waals surface area contributed by atoms with E-state index in [4.69, 9.17) is 4.74 Å². The fourth-order valence-corrected chi connectivity index (χ4v) is 2.09. The number of rotatable bonds is 6. The number of anilines is 1. The van der Waals surface area contributed by atoms with Crippen molar-refractivity contribution in [3.63, 3.8) is 0 Å². The molecule has 1 aromatic rings. The predicted molar refractivity (Wildman–Crippen MR) is 77.7 cm³/mol. The second-order valence-electron chi connectivity index (χ2n) is 4.86. The summed E-state index contributed by atoms with van der Waals surface area (Å²) >= 11 is 0. The maximum absolute atomic E-state index is 11.8. The van der Waals surface area contributed by atoms with Crippen LogP contribution in [0.2, 0.25) is 0 Å². The van der Waals surface area contributed by atoms with Gasteiger partial charge in [0.15, 0.2) is 0 Å². The van der Waals surface area contributed by atoms with Crippen molar-refractivity contribution in [2.45, 2.75) is 6.92 Å². The Morgan fingerprint density at radius 3 is 2.95 bits per heavy atom. The average molecular weight is 278 g/mol. The lowest BCUT2D eigenvalue weighted by Gasteiger charge is -2.25. The van der Waals surface area contributed by atoms with E-state index in [-0.39, 0.29) is 5.91 Å². The number of morpholine rings is 1. The van der Waals surface area contributed by atoms with Crippen LogP contribution in [-0.2, 0) is 9.53 Å². The molecule has 6 heteroatoms. The number of ether oxygens (including phenoxy) is 1. The Labute approximate surface area is 119 Å². The fraction of sp³-hybridized carbons (Fsp3) is 0.571. The van der Waals surface area contributed by atoms with Gasteiger partial charge in [-0.15, -0.1) is 0 Å². The van der Waals surface area contributed by atoms with E-state index in [0.29, 0.717) is 19.6 Å². The van der Waals surface area contributed by atoms with Crippen molar-refractivity contribution in [3.05, 3.63) is 24.0 Å². The number of nitrogens with one attached hydrogen (secondary N) is 2. The van der Waals surface area contributed by atoms with Crippen LogP contribution in [0.25, 0.3) is 0 Å². The molecule has 1 saturated heterocycles. The van der Waals surface area contributed by atoms with Crippen LogP contribution in [-0.4, -0.2) is 61.7 Å². The summed E-state index contributed by atoms with van der Waals surface area (Å²) in [4.78, 5) is 17.9. The SMILES string of the molecule is Cc1cnccc1NCCNC(=O)CN1CCOCC1. The maximum Gasteiger partial charge on any atom is 0.234 e. The summed E-state index contributed by atoms with van der Waals surface area (Å²) in [5.74, 6) is 0.0696. The van der Waals surface area contributed by atoms with Crippen molar-refractivity contribution in [1.29, 1.82) is 0 Å². The van der Waals surface area contributed by atoms with E-state index in [9.17, 15) is 4.79 Å². The minimum absolute atomic E-state index is 0.0696. The lowest BCUT2D eigenvalue weighted by atomic mass is 10.2. The first-order valence-electron chi connectivity index (χ1n) is 6.97. The van der Waals surface area contributed by atoms with E-state index in [2.05, 4.69) is 20.5 Å². The molecule has 2 rings (SSSR count). The van der Waals surface area contributed by atoms with Crippen molar-refractivity contribution < 1.29 is 9.53 Å². The Balaban J connectivity index is 1.60. The Bertz CT molecular complexity index is 433. The molecule has 1 fully saturated rings. The van der Waals surface area contributed by atoms with E-state index >= 15 is 0 Å². The molecule has 0 spiro atoms. The van der Waals surface area contributed by atoms with Crippen LogP contribution < -0.4 is 10.6 Å². The molecule has 0 aromatic carbocycles. The monoisotopic (exact) mass is 278 g/mol. The molecule has 1 aliphatic rings. The third-order valence-electron chi connectivity index (χ3n) is 3.25. The van der Waals surface area contributed by atoms with Gasteiger partial charge in [-0.25, -0.2) is 0 Å². The van der Waals surface area contributed by atoms with Gasteiger partial charge in [-0.2, -0.15) is 0 Å². The maximum atomic E-state index is 11.8. The zero-order valence-electron chi connectivity index (χ0n) is 11.9. The van der Waals surface area contributed by atoms with E-state index in [1.807, 2.05) is 19.2 Å². The van der Waals surface area contributed by atoms with E-state index in [0.717, 1.165) is 37.6 Å². The van der Waals surface area contributed by atoms with Crippen molar-refractivity contribution in [3.8, 4) is 0 Å². The zero-order valence-corrected chi connectivity index (χ0v) is 11.9. The van der Waals surface area contributed by atoms with Crippen LogP contribution in [0.1, 0.15) is 5.56 Å². The molecular formula is C14H22N4O2. The molecule has 0 atom stereocenters. The molecule has 0 radical (unpaired) electrons. The number of carbonyl (C=O) groups excluding carboxylic acids is 1. The van der Waals surface area contributed by atoms with Crippen molar-refractivity contribution >= 4 is 11.6 Å². The third-order valence-corrected chi connectivity index (χ3v) is 3.25.